The van der Waals surface area contributed by atoms with Gasteiger partial charge < -0.3 is 9.67 Å². The number of nitrogens with zero attached hydrogens (tertiary/aromatic N) is 2. The third-order valence-corrected chi connectivity index (χ3v) is 4.13. The molecule has 5 heteroatoms. The number of fused-ring (bicyclic) bond motifs is 1. The average Bonchev–Trinajstić information content (AvgIpc) is 3.06. The number of aromatic carboxylic acids is 1. The van der Waals surface area contributed by atoms with E-state index in [-0.39, 0.29) is 0 Å². The molecule has 0 fully saturated rings. The van der Waals surface area contributed by atoms with Gasteiger partial charge in [-0.25, -0.2) is 4.79 Å². The number of thiophene rings is 1. The first-order valence-corrected chi connectivity index (χ1v) is 6.85. The van der Waals surface area contributed by atoms with Crippen LogP contribution in [0, 0.1) is 11.3 Å². The standard InChI is InChI=1S/C15H10N2O2S/c16-8-10-1-2-11-3-5-17(13(11)7-10)9-12-4-6-20-14(12)15(18)19/h1-7H,9H2,(H,18,19). The predicted octanol–water partition coefficient (Wildman–Crippen LogP) is 3.32. The van der Waals surface area contributed by atoms with Gasteiger partial charge in [0.2, 0.25) is 0 Å². The van der Waals surface area contributed by atoms with Crippen molar-refractivity contribution in [2.24, 2.45) is 0 Å². The molecule has 98 valence electrons. The third kappa shape index (κ3) is 2.06. The SMILES string of the molecule is N#Cc1ccc2ccn(Cc3ccsc3C(=O)O)c2c1. The van der Waals surface area contributed by atoms with Crippen molar-refractivity contribution in [2.45, 2.75) is 6.54 Å². The summed E-state index contributed by atoms with van der Waals surface area (Å²) in [4.78, 5) is 11.5. The van der Waals surface area contributed by atoms with Crippen LogP contribution in [0.5, 0.6) is 0 Å². The Balaban J connectivity index is 2.05. The van der Waals surface area contributed by atoms with E-state index in [0.29, 0.717) is 17.0 Å². The molecule has 3 rings (SSSR count). The molecule has 1 N–H and O–H groups in total. The molecule has 0 amide bonds. The highest BCUT2D eigenvalue weighted by Gasteiger charge is 2.12. The number of aromatic nitrogens is 1. The van der Waals surface area contributed by atoms with E-state index in [4.69, 9.17) is 10.4 Å². The van der Waals surface area contributed by atoms with E-state index in [0.717, 1.165) is 16.5 Å². The minimum absolute atomic E-state index is 0.364. The second-order valence-corrected chi connectivity index (χ2v) is 5.33. The van der Waals surface area contributed by atoms with Crippen LogP contribution in [-0.2, 0) is 6.54 Å². The van der Waals surface area contributed by atoms with Crippen LogP contribution in [0.1, 0.15) is 20.8 Å². The van der Waals surface area contributed by atoms with Gasteiger partial charge in [0.25, 0.3) is 0 Å². The second kappa shape index (κ2) is 4.83. The molecule has 0 saturated carbocycles. The highest BCUT2D eigenvalue weighted by Crippen LogP contribution is 2.22. The van der Waals surface area contributed by atoms with Crippen molar-refractivity contribution in [3.05, 3.63) is 57.9 Å². The number of carboxylic acid groups (broad SMARTS) is 1. The zero-order valence-electron chi connectivity index (χ0n) is 10.4. The number of hydrogen-bond acceptors (Lipinski definition) is 3. The minimum Gasteiger partial charge on any atom is -0.477 e. The Morgan fingerprint density at radius 3 is 2.95 bits per heavy atom. The molecule has 0 aliphatic rings. The summed E-state index contributed by atoms with van der Waals surface area (Å²) in [6.07, 6.45) is 1.91. The van der Waals surface area contributed by atoms with Crippen LogP contribution in [-0.4, -0.2) is 15.6 Å². The van der Waals surface area contributed by atoms with Crippen molar-refractivity contribution < 1.29 is 9.90 Å². The summed E-state index contributed by atoms with van der Waals surface area (Å²) in [6, 6.07) is 11.4. The van der Waals surface area contributed by atoms with Gasteiger partial charge in [-0.15, -0.1) is 11.3 Å². The van der Waals surface area contributed by atoms with Crippen LogP contribution in [0.2, 0.25) is 0 Å². The summed E-state index contributed by atoms with van der Waals surface area (Å²) in [5.41, 5.74) is 2.31. The summed E-state index contributed by atoms with van der Waals surface area (Å²) in [5.74, 6) is -0.899. The quantitative estimate of drug-likeness (QED) is 0.801. The number of nitriles is 1. The molecule has 0 saturated heterocycles. The Morgan fingerprint density at radius 1 is 1.35 bits per heavy atom. The molecular weight excluding hydrogens is 272 g/mol. The Hall–Kier alpha value is -2.58. The largest absolute Gasteiger partial charge is 0.477 e. The molecule has 0 aliphatic carbocycles. The summed E-state index contributed by atoms with van der Waals surface area (Å²) >= 11 is 1.23. The van der Waals surface area contributed by atoms with Gasteiger partial charge in [0.05, 0.1) is 11.6 Å². The van der Waals surface area contributed by atoms with Gasteiger partial charge in [-0.05, 0) is 40.6 Å². The number of benzene rings is 1. The summed E-state index contributed by atoms with van der Waals surface area (Å²) in [6.45, 7) is 0.490. The van der Waals surface area contributed by atoms with E-state index < -0.39 is 5.97 Å². The highest BCUT2D eigenvalue weighted by atomic mass is 32.1. The Labute approximate surface area is 119 Å². The van der Waals surface area contributed by atoms with Crippen molar-refractivity contribution in [3.63, 3.8) is 0 Å². The van der Waals surface area contributed by atoms with Gasteiger partial charge >= 0.3 is 5.97 Å². The first kappa shape index (κ1) is 12.5. The van der Waals surface area contributed by atoms with Gasteiger partial charge in [0, 0.05) is 18.3 Å². The van der Waals surface area contributed by atoms with Crippen LogP contribution in [0.3, 0.4) is 0 Å². The molecule has 0 aliphatic heterocycles. The van der Waals surface area contributed by atoms with E-state index in [2.05, 4.69) is 6.07 Å². The fourth-order valence-corrected chi connectivity index (χ4v) is 2.98. The van der Waals surface area contributed by atoms with E-state index in [1.807, 2.05) is 35.0 Å². The van der Waals surface area contributed by atoms with E-state index in [9.17, 15) is 4.79 Å². The monoisotopic (exact) mass is 282 g/mol. The Kier molecular flexibility index (Phi) is 3.01. The third-order valence-electron chi connectivity index (χ3n) is 3.18. The minimum atomic E-state index is -0.899. The van der Waals surface area contributed by atoms with Gasteiger partial charge in [0.15, 0.2) is 0 Å². The molecule has 2 aromatic heterocycles. The maximum absolute atomic E-state index is 11.1. The lowest BCUT2D eigenvalue weighted by Crippen LogP contribution is -2.03. The van der Waals surface area contributed by atoms with Crippen molar-refractivity contribution in [3.8, 4) is 6.07 Å². The predicted molar refractivity (Wildman–Crippen MR) is 77.0 cm³/mol. The first-order valence-electron chi connectivity index (χ1n) is 5.97. The van der Waals surface area contributed by atoms with Crippen molar-refractivity contribution in [1.82, 2.24) is 4.57 Å². The summed E-state index contributed by atoms with van der Waals surface area (Å²) < 4.78 is 1.96. The lowest BCUT2D eigenvalue weighted by atomic mass is 10.2. The molecule has 0 spiro atoms. The maximum atomic E-state index is 11.1. The molecule has 2 heterocycles. The topological polar surface area (TPSA) is 66.0 Å². The van der Waals surface area contributed by atoms with E-state index >= 15 is 0 Å². The second-order valence-electron chi connectivity index (χ2n) is 4.41. The molecule has 3 aromatic rings. The smallest absolute Gasteiger partial charge is 0.346 e. The van der Waals surface area contributed by atoms with Gasteiger partial charge in [-0.1, -0.05) is 6.07 Å². The molecule has 0 unspecified atom stereocenters. The Bertz CT molecular complexity index is 839. The highest BCUT2D eigenvalue weighted by molar-refractivity contribution is 7.12. The lowest BCUT2D eigenvalue weighted by Gasteiger charge is -2.05. The van der Waals surface area contributed by atoms with Crippen LogP contribution >= 0.6 is 11.3 Å². The zero-order chi connectivity index (χ0) is 14.1. The summed E-state index contributed by atoms with van der Waals surface area (Å²) in [7, 11) is 0. The Morgan fingerprint density at radius 2 is 2.20 bits per heavy atom. The van der Waals surface area contributed by atoms with Crippen molar-refractivity contribution in [2.75, 3.05) is 0 Å². The average molecular weight is 282 g/mol. The number of carbonyl (C=O) groups is 1. The molecule has 20 heavy (non-hydrogen) atoms. The van der Waals surface area contributed by atoms with Crippen LogP contribution in [0.15, 0.2) is 41.9 Å². The molecule has 4 nitrogen and oxygen atoms in total. The molecule has 0 atom stereocenters. The van der Waals surface area contributed by atoms with Gasteiger partial charge in [0.1, 0.15) is 4.88 Å². The van der Waals surface area contributed by atoms with Gasteiger partial charge in [-0.3, -0.25) is 0 Å². The van der Waals surface area contributed by atoms with Crippen molar-refractivity contribution in [1.29, 1.82) is 5.26 Å². The molecule has 0 radical (unpaired) electrons. The van der Waals surface area contributed by atoms with E-state index in [1.165, 1.54) is 11.3 Å². The van der Waals surface area contributed by atoms with Gasteiger partial charge in [-0.2, -0.15) is 5.26 Å². The fraction of sp³-hybridized carbons (Fsp3) is 0.0667. The summed E-state index contributed by atoms with van der Waals surface area (Å²) in [5, 5.41) is 20.9. The molecule has 1 aromatic carbocycles. The van der Waals surface area contributed by atoms with Crippen LogP contribution < -0.4 is 0 Å². The lowest BCUT2D eigenvalue weighted by molar-refractivity contribution is 0.0701. The van der Waals surface area contributed by atoms with Crippen molar-refractivity contribution >= 4 is 28.2 Å². The number of hydrogen-bond donors (Lipinski definition) is 1. The molecule has 0 bridgehead atoms. The zero-order valence-corrected chi connectivity index (χ0v) is 11.2. The normalized spacial score (nSPS) is 10.6. The van der Waals surface area contributed by atoms with Crippen LogP contribution in [0.25, 0.3) is 10.9 Å². The van der Waals surface area contributed by atoms with Crippen LogP contribution in [0.4, 0.5) is 0 Å². The number of carboxylic acids is 1. The maximum Gasteiger partial charge on any atom is 0.346 e. The van der Waals surface area contributed by atoms with E-state index in [1.54, 1.807) is 11.4 Å². The molecular formula is C15H10N2O2S. The first-order chi connectivity index (χ1) is 9.69. The number of rotatable bonds is 3. The fourth-order valence-electron chi connectivity index (χ4n) is 2.22.